The number of nitrogens with zero attached hydrogens (tertiary/aromatic N) is 2. The molecule has 1 aliphatic rings. The molecule has 1 atom stereocenters. The minimum Gasteiger partial charge on any atom is -0.481 e. The van der Waals surface area contributed by atoms with Crippen LogP contribution in [0, 0.1) is 11.3 Å². The molecule has 21 heavy (non-hydrogen) atoms. The average Bonchev–Trinajstić information content (AvgIpc) is 2.51. The highest BCUT2D eigenvalue weighted by atomic mass is 16.4. The fraction of sp³-hybridized carbons (Fsp3) is 0.875. The molecule has 1 heterocycles. The fourth-order valence-corrected chi connectivity index (χ4v) is 3.08. The highest BCUT2D eigenvalue weighted by Gasteiger charge is 2.34. The largest absolute Gasteiger partial charge is 0.481 e. The third-order valence-electron chi connectivity index (χ3n) is 5.16. The van der Waals surface area contributed by atoms with Crippen LogP contribution in [0.1, 0.15) is 53.4 Å². The summed E-state index contributed by atoms with van der Waals surface area (Å²) >= 11 is 0. The first-order valence-corrected chi connectivity index (χ1v) is 8.15. The minimum atomic E-state index is -0.851. The van der Waals surface area contributed by atoms with Gasteiger partial charge in [0, 0.05) is 26.2 Å². The molecule has 122 valence electrons. The number of likely N-dealkylation sites (tertiary alicyclic amines) is 1. The number of carboxylic acid groups (broad SMARTS) is 1. The van der Waals surface area contributed by atoms with Gasteiger partial charge in [-0.3, -0.25) is 4.79 Å². The van der Waals surface area contributed by atoms with E-state index in [1.165, 1.54) is 12.8 Å². The van der Waals surface area contributed by atoms with Gasteiger partial charge in [-0.25, -0.2) is 4.79 Å². The Labute approximate surface area is 128 Å². The summed E-state index contributed by atoms with van der Waals surface area (Å²) in [4.78, 5) is 27.0. The normalized spacial score (nSPS) is 19.1. The van der Waals surface area contributed by atoms with Crippen LogP contribution in [0.15, 0.2) is 0 Å². The maximum Gasteiger partial charge on any atom is 0.320 e. The molecular formula is C16H30N2O3. The van der Waals surface area contributed by atoms with Crippen molar-refractivity contribution in [3.8, 4) is 0 Å². The molecule has 0 aromatic carbocycles. The Morgan fingerprint density at radius 2 is 1.71 bits per heavy atom. The molecule has 0 aromatic heterocycles. The first-order valence-electron chi connectivity index (χ1n) is 8.15. The summed E-state index contributed by atoms with van der Waals surface area (Å²) in [5.74, 6) is -1.38. The number of hydrogen-bond acceptors (Lipinski definition) is 2. The van der Waals surface area contributed by atoms with Crippen molar-refractivity contribution >= 4 is 12.0 Å². The summed E-state index contributed by atoms with van der Waals surface area (Å²) in [6.07, 6.45) is 4.44. The van der Waals surface area contributed by atoms with Gasteiger partial charge in [0.1, 0.15) is 0 Å². The molecule has 0 spiro atoms. The molecule has 0 saturated carbocycles. The third-order valence-corrected chi connectivity index (χ3v) is 5.16. The average molecular weight is 298 g/mol. The summed E-state index contributed by atoms with van der Waals surface area (Å²) < 4.78 is 0. The van der Waals surface area contributed by atoms with Crippen LogP contribution in [0.2, 0.25) is 0 Å². The summed E-state index contributed by atoms with van der Waals surface area (Å²) in [5, 5.41) is 9.00. The molecule has 1 rings (SSSR count). The number of carbonyl (C=O) groups is 2. The molecule has 0 aliphatic carbocycles. The number of carboxylic acids is 1. The van der Waals surface area contributed by atoms with Gasteiger partial charge in [-0.1, -0.05) is 33.6 Å². The number of rotatable bonds is 6. The predicted octanol–water partition coefficient (Wildman–Crippen LogP) is 3.05. The number of piperidine rings is 1. The van der Waals surface area contributed by atoms with Gasteiger partial charge in [-0.2, -0.15) is 0 Å². The lowest BCUT2D eigenvalue weighted by molar-refractivity contribution is -0.141. The van der Waals surface area contributed by atoms with Gasteiger partial charge >= 0.3 is 12.0 Å². The molecular weight excluding hydrogens is 268 g/mol. The summed E-state index contributed by atoms with van der Waals surface area (Å²) in [6.45, 7) is 10.4. The summed E-state index contributed by atoms with van der Waals surface area (Å²) in [7, 11) is 0. The van der Waals surface area contributed by atoms with Gasteiger partial charge < -0.3 is 14.9 Å². The van der Waals surface area contributed by atoms with E-state index in [9.17, 15) is 9.59 Å². The zero-order chi connectivity index (χ0) is 16.0. The van der Waals surface area contributed by atoms with E-state index in [1.807, 2.05) is 11.8 Å². The zero-order valence-corrected chi connectivity index (χ0v) is 13.9. The van der Waals surface area contributed by atoms with Crippen LogP contribution in [0.4, 0.5) is 4.79 Å². The molecule has 1 N–H and O–H groups in total. The van der Waals surface area contributed by atoms with Crippen LogP contribution in [0.3, 0.4) is 0 Å². The van der Waals surface area contributed by atoms with Crippen LogP contribution in [-0.2, 0) is 4.79 Å². The van der Waals surface area contributed by atoms with Gasteiger partial charge in [0.25, 0.3) is 0 Å². The lowest BCUT2D eigenvalue weighted by Gasteiger charge is -2.42. The highest BCUT2D eigenvalue weighted by molar-refractivity contribution is 5.76. The smallest absolute Gasteiger partial charge is 0.320 e. The van der Waals surface area contributed by atoms with Crippen LogP contribution in [-0.4, -0.2) is 53.1 Å². The molecule has 0 aromatic rings. The number of carbonyl (C=O) groups excluding carboxylic acids is 1. The van der Waals surface area contributed by atoms with Gasteiger partial charge in [0.2, 0.25) is 0 Å². The van der Waals surface area contributed by atoms with E-state index in [1.54, 1.807) is 11.8 Å². The number of urea groups is 1. The Kier molecular flexibility index (Phi) is 6.49. The molecule has 1 saturated heterocycles. The zero-order valence-electron chi connectivity index (χ0n) is 13.9. The summed E-state index contributed by atoms with van der Waals surface area (Å²) in [5.41, 5.74) is 0.391. The van der Waals surface area contributed by atoms with Crippen LogP contribution in [0.25, 0.3) is 0 Å². The predicted molar refractivity (Wildman–Crippen MR) is 83.3 cm³/mol. The number of aliphatic carboxylic acids is 1. The van der Waals surface area contributed by atoms with Crippen molar-refractivity contribution in [3.05, 3.63) is 0 Å². The first kappa shape index (κ1) is 17.8. The Balaban J connectivity index is 2.60. The first-order chi connectivity index (χ1) is 9.89. The number of hydrogen-bond donors (Lipinski definition) is 1. The lowest BCUT2D eigenvalue weighted by Crippen LogP contribution is -2.50. The second-order valence-electron chi connectivity index (χ2n) is 6.25. The van der Waals surface area contributed by atoms with Crippen LogP contribution in [0.5, 0.6) is 0 Å². The quantitative estimate of drug-likeness (QED) is 0.820. The molecule has 5 nitrogen and oxygen atoms in total. The van der Waals surface area contributed by atoms with Crippen molar-refractivity contribution in [2.45, 2.75) is 53.4 Å². The SMILES string of the molecule is CCN(CC(C)C(=O)O)C(=O)N1CCC(CC)(CC)CC1. The Bertz CT molecular complexity index is 357. The molecule has 1 unspecified atom stereocenters. The van der Waals surface area contributed by atoms with Crippen molar-refractivity contribution in [1.29, 1.82) is 0 Å². The van der Waals surface area contributed by atoms with E-state index >= 15 is 0 Å². The second kappa shape index (κ2) is 7.66. The van der Waals surface area contributed by atoms with Gasteiger partial charge in [0.05, 0.1) is 5.92 Å². The van der Waals surface area contributed by atoms with E-state index in [0.29, 0.717) is 12.0 Å². The van der Waals surface area contributed by atoms with Gasteiger partial charge in [-0.05, 0) is 25.2 Å². The maximum atomic E-state index is 12.5. The van der Waals surface area contributed by atoms with E-state index in [4.69, 9.17) is 5.11 Å². The number of amides is 2. The topological polar surface area (TPSA) is 60.9 Å². The summed E-state index contributed by atoms with van der Waals surface area (Å²) in [6, 6.07) is -0.00796. The van der Waals surface area contributed by atoms with E-state index in [0.717, 1.165) is 25.9 Å². The molecule has 5 heteroatoms. The standard InChI is InChI=1S/C16H30N2O3/c1-5-16(6-2)8-10-18(11-9-16)15(21)17(7-3)12-13(4)14(19)20/h13H,5-12H2,1-4H3,(H,19,20). The monoisotopic (exact) mass is 298 g/mol. The lowest BCUT2D eigenvalue weighted by atomic mass is 9.74. The fourth-order valence-electron chi connectivity index (χ4n) is 3.08. The van der Waals surface area contributed by atoms with Crippen molar-refractivity contribution in [1.82, 2.24) is 9.80 Å². The molecule has 0 radical (unpaired) electrons. The van der Waals surface area contributed by atoms with Crippen molar-refractivity contribution in [3.63, 3.8) is 0 Å². The Morgan fingerprint density at radius 3 is 2.10 bits per heavy atom. The molecule has 0 bridgehead atoms. The molecule has 1 aliphatic heterocycles. The van der Waals surface area contributed by atoms with E-state index in [-0.39, 0.29) is 12.6 Å². The Hall–Kier alpha value is -1.26. The van der Waals surface area contributed by atoms with Crippen molar-refractivity contribution < 1.29 is 14.7 Å². The molecule has 1 fully saturated rings. The van der Waals surface area contributed by atoms with Gasteiger partial charge in [-0.15, -0.1) is 0 Å². The minimum absolute atomic E-state index is 0.00796. The third kappa shape index (κ3) is 4.35. The van der Waals surface area contributed by atoms with E-state index < -0.39 is 11.9 Å². The van der Waals surface area contributed by atoms with Crippen LogP contribution < -0.4 is 0 Å². The second-order valence-corrected chi connectivity index (χ2v) is 6.25. The highest BCUT2D eigenvalue weighted by Crippen LogP contribution is 2.38. The van der Waals surface area contributed by atoms with E-state index in [2.05, 4.69) is 13.8 Å². The maximum absolute atomic E-state index is 12.5. The Morgan fingerprint density at radius 1 is 1.19 bits per heavy atom. The molecule has 2 amide bonds. The van der Waals surface area contributed by atoms with Gasteiger partial charge in [0.15, 0.2) is 0 Å². The van der Waals surface area contributed by atoms with Crippen molar-refractivity contribution in [2.75, 3.05) is 26.2 Å². The van der Waals surface area contributed by atoms with Crippen LogP contribution >= 0.6 is 0 Å². The van der Waals surface area contributed by atoms with Crippen molar-refractivity contribution in [2.24, 2.45) is 11.3 Å².